The third-order valence-electron chi connectivity index (χ3n) is 0.814. The third-order valence-corrected chi connectivity index (χ3v) is 0.814. The van der Waals surface area contributed by atoms with Crippen molar-refractivity contribution < 1.29 is 9.90 Å². The lowest BCUT2D eigenvalue weighted by Crippen LogP contribution is -2.15. The van der Waals surface area contributed by atoms with E-state index in [2.05, 4.69) is 0 Å². The Bertz CT molecular complexity index is 85.0. The van der Waals surface area contributed by atoms with Crippen molar-refractivity contribution in [3.8, 4) is 0 Å². The summed E-state index contributed by atoms with van der Waals surface area (Å²) in [5, 5.41) is 8.11. The van der Waals surface area contributed by atoms with Crippen LogP contribution in [0.5, 0.6) is 0 Å². The first kappa shape index (κ1) is 11.5. The molecular formula is C5H12ClNO2. The fourth-order valence-electron chi connectivity index (χ4n) is 0.351. The summed E-state index contributed by atoms with van der Waals surface area (Å²) in [5.74, 6) is -0.776. The highest BCUT2D eigenvalue weighted by Gasteiger charge is 1.98. The molecule has 0 bridgehead atoms. The summed E-state index contributed by atoms with van der Waals surface area (Å²) in [4.78, 5) is 9.85. The monoisotopic (exact) mass is 153 g/mol. The van der Waals surface area contributed by atoms with E-state index in [1.54, 1.807) is 6.92 Å². The van der Waals surface area contributed by atoms with E-state index < -0.39 is 5.97 Å². The molecule has 0 rings (SSSR count). The fraction of sp³-hybridized carbons (Fsp3) is 0.800. The van der Waals surface area contributed by atoms with Gasteiger partial charge in [0, 0.05) is 12.5 Å². The van der Waals surface area contributed by atoms with Crippen LogP contribution in [0.1, 0.15) is 19.8 Å². The van der Waals surface area contributed by atoms with Gasteiger partial charge in [0.1, 0.15) is 0 Å². The van der Waals surface area contributed by atoms with E-state index in [1.807, 2.05) is 0 Å². The van der Waals surface area contributed by atoms with Crippen molar-refractivity contribution in [2.45, 2.75) is 25.8 Å². The number of carboxylic acid groups (broad SMARTS) is 1. The van der Waals surface area contributed by atoms with Gasteiger partial charge in [-0.1, -0.05) is 0 Å². The number of nitrogens with two attached hydrogens (primary N) is 1. The van der Waals surface area contributed by atoms with Crippen molar-refractivity contribution in [1.82, 2.24) is 0 Å². The number of hydrogen-bond donors (Lipinski definition) is 2. The minimum atomic E-state index is -0.776. The van der Waals surface area contributed by atoms with Gasteiger partial charge in [-0.15, -0.1) is 12.4 Å². The molecule has 0 aliphatic carbocycles. The zero-order chi connectivity index (χ0) is 6.57. The summed E-state index contributed by atoms with van der Waals surface area (Å²) in [6.45, 7) is 1.79. The molecule has 0 amide bonds. The van der Waals surface area contributed by atoms with E-state index >= 15 is 0 Å². The summed E-state index contributed by atoms with van der Waals surface area (Å²) in [6.07, 6.45) is 0.743. The Morgan fingerprint density at radius 2 is 2.22 bits per heavy atom. The Morgan fingerprint density at radius 3 is 2.33 bits per heavy atom. The van der Waals surface area contributed by atoms with Crippen LogP contribution in [0.25, 0.3) is 0 Å². The lowest BCUT2D eigenvalue weighted by Gasteiger charge is -1.98. The van der Waals surface area contributed by atoms with Crippen LogP contribution >= 0.6 is 12.4 Å². The molecule has 4 heteroatoms. The highest BCUT2D eigenvalue weighted by atomic mass is 35.5. The van der Waals surface area contributed by atoms with E-state index in [0.717, 1.165) is 0 Å². The highest BCUT2D eigenvalue weighted by Crippen LogP contribution is 1.91. The van der Waals surface area contributed by atoms with E-state index in [4.69, 9.17) is 10.8 Å². The Balaban J connectivity index is 0. The predicted octanol–water partition coefficient (Wildman–Crippen LogP) is 0.620. The smallest absolute Gasteiger partial charge is 0.303 e. The predicted molar refractivity (Wildman–Crippen MR) is 37.8 cm³/mol. The molecule has 0 radical (unpaired) electrons. The van der Waals surface area contributed by atoms with Gasteiger partial charge in [0.15, 0.2) is 0 Å². The molecule has 0 aromatic carbocycles. The van der Waals surface area contributed by atoms with Crippen molar-refractivity contribution in [3.63, 3.8) is 0 Å². The molecule has 3 N–H and O–H groups in total. The molecule has 0 aliphatic heterocycles. The van der Waals surface area contributed by atoms with Gasteiger partial charge >= 0.3 is 5.97 Å². The third kappa shape index (κ3) is 11.3. The largest absolute Gasteiger partial charge is 0.481 e. The molecule has 0 aromatic rings. The minimum Gasteiger partial charge on any atom is -0.481 e. The lowest BCUT2D eigenvalue weighted by molar-refractivity contribution is -0.137. The van der Waals surface area contributed by atoms with Gasteiger partial charge in [0.25, 0.3) is 0 Å². The van der Waals surface area contributed by atoms with Crippen LogP contribution < -0.4 is 5.73 Å². The Morgan fingerprint density at radius 1 is 1.78 bits per heavy atom. The second-order valence-corrected chi connectivity index (χ2v) is 1.91. The fourth-order valence-corrected chi connectivity index (χ4v) is 0.351. The molecule has 0 aromatic heterocycles. The van der Waals surface area contributed by atoms with Gasteiger partial charge in [-0.25, -0.2) is 0 Å². The maximum atomic E-state index is 9.85. The van der Waals surface area contributed by atoms with Crippen LogP contribution in [0, 0.1) is 0 Å². The summed E-state index contributed by atoms with van der Waals surface area (Å²) in [7, 11) is 0. The molecule has 9 heavy (non-hydrogen) atoms. The summed E-state index contributed by atoms with van der Waals surface area (Å²) in [5.41, 5.74) is 5.28. The van der Waals surface area contributed by atoms with Crippen LogP contribution in [0.2, 0.25) is 0 Å². The maximum absolute atomic E-state index is 9.85. The van der Waals surface area contributed by atoms with E-state index in [-0.39, 0.29) is 24.9 Å². The van der Waals surface area contributed by atoms with Gasteiger partial charge < -0.3 is 10.8 Å². The minimum absolute atomic E-state index is 0. The first-order valence-electron chi connectivity index (χ1n) is 2.60. The number of carbonyl (C=O) groups is 1. The van der Waals surface area contributed by atoms with Crippen LogP contribution in [-0.2, 0) is 4.79 Å². The first-order valence-corrected chi connectivity index (χ1v) is 2.60. The molecule has 1 atom stereocenters. The van der Waals surface area contributed by atoms with E-state index in [0.29, 0.717) is 6.42 Å². The van der Waals surface area contributed by atoms with Crippen molar-refractivity contribution in [1.29, 1.82) is 0 Å². The highest BCUT2D eigenvalue weighted by molar-refractivity contribution is 5.85. The molecule has 0 saturated heterocycles. The number of aliphatic carboxylic acids is 1. The van der Waals surface area contributed by atoms with Crippen molar-refractivity contribution in [2.75, 3.05) is 0 Å². The van der Waals surface area contributed by atoms with Gasteiger partial charge in [-0.3, -0.25) is 4.79 Å². The number of halogens is 1. The lowest BCUT2D eigenvalue weighted by atomic mass is 10.2. The number of hydrogen-bond acceptors (Lipinski definition) is 2. The van der Waals surface area contributed by atoms with Gasteiger partial charge in [0.2, 0.25) is 0 Å². The average molecular weight is 154 g/mol. The molecule has 0 aliphatic rings. The van der Waals surface area contributed by atoms with Crippen molar-refractivity contribution in [3.05, 3.63) is 0 Å². The standard InChI is InChI=1S/C5H11NO2.ClH/c1-4(6)2-3-5(7)8;/h4H,2-3,6H2,1H3,(H,7,8);1H. The number of rotatable bonds is 3. The Labute approximate surface area is 60.6 Å². The first-order chi connectivity index (χ1) is 3.63. The molecular weight excluding hydrogens is 142 g/mol. The van der Waals surface area contributed by atoms with Gasteiger partial charge in [0.05, 0.1) is 0 Å². The summed E-state index contributed by atoms with van der Waals surface area (Å²) in [6, 6.07) is 0.00565. The van der Waals surface area contributed by atoms with Gasteiger partial charge in [-0.05, 0) is 13.3 Å². The molecule has 56 valence electrons. The second-order valence-electron chi connectivity index (χ2n) is 1.91. The zero-order valence-corrected chi connectivity index (χ0v) is 6.15. The summed E-state index contributed by atoms with van der Waals surface area (Å²) >= 11 is 0. The quantitative estimate of drug-likeness (QED) is 0.625. The topological polar surface area (TPSA) is 63.3 Å². The molecule has 0 fully saturated rings. The normalized spacial score (nSPS) is 11.8. The van der Waals surface area contributed by atoms with Crippen LogP contribution in [0.4, 0.5) is 0 Å². The van der Waals surface area contributed by atoms with Crippen LogP contribution in [-0.4, -0.2) is 17.1 Å². The van der Waals surface area contributed by atoms with Gasteiger partial charge in [-0.2, -0.15) is 0 Å². The average Bonchev–Trinajstić information content (AvgIpc) is 1.61. The SMILES string of the molecule is CC(N)CCC(=O)O.Cl. The Hall–Kier alpha value is -0.280. The van der Waals surface area contributed by atoms with E-state index in [9.17, 15) is 4.79 Å². The molecule has 0 spiro atoms. The van der Waals surface area contributed by atoms with Crippen molar-refractivity contribution >= 4 is 18.4 Å². The maximum Gasteiger partial charge on any atom is 0.303 e. The molecule has 3 nitrogen and oxygen atoms in total. The molecule has 0 heterocycles. The van der Waals surface area contributed by atoms with Crippen LogP contribution in [0.15, 0.2) is 0 Å². The van der Waals surface area contributed by atoms with E-state index in [1.165, 1.54) is 0 Å². The number of carboxylic acids is 1. The zero-order valence-electron chi connectivity index (χ0n) is 5.33. The molecule has 1 unspecified atom stereocenters. The Kier molecular flexibility index (Phi) is 7.48. The second kappa shape index (κ2) is 5.85. The van der Waals surface area contributed by atoms with Crippen molar-refractivity contribution in [2.24, 2.45) is 5.73 Å². The van der Waals surface area contributed by atoms with Crippen LogP contribution in [0.3, 0.4) is 0 Å². The summed E-state index contributed by atoms with van der Waals surface area (Å²) < 4.78 is 0. The molecule has 0 saturated carbocycles.